The average molecular weight is 137 g/mol. The molecule has 0 saturated heterocycles. The molecule has 0 atom stereocenters. The van der Waals surface area contributed by atoms with Crippen molar-refractivity contribution < 1.29 is 128 Å². The van der Waals surface area contributed by atoms with Crippen molar-refractivity contribution in [3.63, 3.8) is 0 Å². The van der Waals surface area contributed by atoms with Crippen LogP contribution in [0.3, 0.4) is 0 Å². The second-order valence-electron chi connectivity index (χ2n) is 0. The van der Waals surface area contributed by atoms with Crippen LogP contribution in [0.5, 0.6) is 0 Å². The molecule has 0 N–H and O–H groups in total. The summed E-state index contributed by atoms with van der Waals surface area (Å²) in [4.78, 5) is 0. The molecule has 0 fully saturated rings. The van der Waals surface area contributed by atoms with E-state index < -0.39 is 0 Å². The predicted molar refractivity (Wildman–Crippen MR) is 0.686 cm³/mol. The molecule has 0 aliphatic carbocycles. The van der Waals surface area contributed by atoms with Gasteiger partial charge >= 0.3 is 110 Å². The maximum Gasteiger partial charge on any atom is 1.00 e. The fraction of sp³-hybridized carbons (Fsp3) is 0. The van der Waals surface area contributed by atoms with Crippen LogP contribution in [0.25, 0.3) is 0 Å². The van der Waals surface area contributed by atoms with Crippen LogP contribution < -0.4 is 123 Å². The topological polar surface area (TPSA) is 28.5 Å². The fourth-order valence-corrected chi connectivity index (χ4v) is 0. The molecule has 0 aliphatic heterocycles. The summed E-state index contributed by atoms with van der Waals surface area (Å²) in [5.41, 5.74) is 0. The van der Waals surface area contributed by atoms with Gasteiger partial charge in [-0.05, 0) is 0 Å². The average Bonchev–Trinajstić information content (AvgIpc) is 0. The Labute approximate surface area is 125 Å². The SMILES string of the molecule is [Cl-].[K+].[Na+].[Na+].[O-2]. The molecule has 0 aromatic heterocycles. The zero-order valence-corrected chi connectivity index (χ0v) is 11.7. The van der Waals surface area contributed by atoms with Gasteiger partial charge in [-0.3, -0.25) is 0 Å². The van der Waals surface area contributed by atoms with Gasteiger partial charge in [-0.2, -0.15) is 0 Å². The Hall–Kier alpha value is 3.89. The predicted octanol–water partition coefficient (Wildman–Crippen LogP) is -12.1. The summed E-state index contributed by atoms with van der Waals surface area (Å²) in [6.45, 7) is 0. The molecule has 0 amide bonds. The summed E-state index contributed by atoms with van der Waals surface area (Å²) in [5, 5.41) is 0. The van der Waals surface area contributed by atoms with Crippen LogP contribution in [-0.4, -0.2) is 0 Å². The standard InChI is InChI=1S/ClH.K.2Na.O/h1H;;;;/q;3*+1;-2/p-1. The van der Waals surface area contributed by atoms with Gasteiger partial charge in [0.15, 0.2) is 0 Å². The van der Waals surface area contributed by atoms with Crippen molar-refractivity contribution in [1.29, 1.82) is 0 Å². The first-order valence-electron chi connectivity index (χ1n) is 0. The Morgan fingerprint density at radius 2 is 0.800 bits per heavy atom. The van der Waals surface area contributed by atoms with Gasteiger partial charge in [-0.1, -0.05) is 0 Å². The summed E-state index contributed by atoms with van der Waals surface area (Å²) < 4.78 is 0. The first kappa shape index (κ1) is 36.6. The van der Waals surface area contributed by atoms with Crippen LogP contribution in [-0.2, 0) is 5.48 Å². The summed E-state index contributed by atoms with van der Waals surface area (Å²) in [5.74, 6) is 0. The van der Waals surface area contributed by atoms with E-state index in [1.807, 2.05) is 0 Å². The third kappa shape index (κ3) is 18.1. The monoisotopic (exact) mass is 136 g/mol. The molecule has 0 heterocycles. The van der Waals surface area contributed by atoms with Gasteiger partial charge < -0.3 is 17.9 Å². The van der Waals surface area contributed by atoms with Crippen LogP contribution >= 0.6 is 0 Å². The van der Waals surface area contributed by atoms with Crippen LogP contribution in [0.1, 0.15) is 0 Å². The van der Waals surface area contributed by atoms with Crippen LogP contribution in [0.4, 0.5) is 0 Å². The second kappa shape index (κ2) is 24.8. The Morgan fingerprint density at radius 3 is 0.800 bits per heavy atom. The van der Waals surface area contributed by atoms with Gasteiger partial charge in [0, 0.05) is 0 Å². The van der Waals surface area contributed by atoms with E-state index in [-0.39, 0.29) is 128 Å². The molecule has 5 heavy (non-hydrogen) atoms. The molecular weight excluding hydrogens is 137 g/mol. The van der Waals surface area contributed by atoms with E-state index >= 15 is 0 Å². The van der Waals surface area contributed by atoms with Gasteiger partial charge in [-0.25, -0.2) is 0 Å². The van der Waals surface area contributed by atoms with E-state index in [9.17, 15) is 0 Å². The molecule has 16 valence electrons. The van der Waals surface area contributed by atoms with Crippen molar-refractivity contribution >= 4 is 0 Å². The zero-order chi connectivity index (χ0) is 0. The van der Waals surface area contributed by atoms with Crippen LogP contribution in [0, 0.1) is 0 Å². The van der Waals surface area contributed by atoms with Gasteiger partial charge in [-0.15, -0.1) is 0 Å². The minimum Gasteiger partial charge on any atom is -2.00 e. The smallest absolute Gasteiger partial charge is 1.00 e. The number of rotatable bonds is 0. The molecule has 0 radical (unpaired) electrons. The Morgan fingerprint density at radius 1 is 0.800 bits per heavy atom. The largest absolute Gasteiger partial charge is 2.00 e. The number of halogens is 1. The van der Waals surface area contributed by atoms with Crippen LogP contribution in [0.2, 0.25) is 0 Å². The van der Waals surface area contributed by atoms with Gasteiger partial charge in [0.2, 0.25) is 0 Å². The molecule has 0 bridgehead atoms. The summed E-state index contributed by atoms with van der Waals surface area (Å²) in [7, 11) is 0. The molecule has 0 aromatic carbocycles. The maximum atomic E-state index is 0. The molecular formula is ClKNa2O. The molecule has 0 spiro atoms. The van der Waals surface area contributed by atoms with Gasteiger partial charge in [0.05, 0.1) is 0 Å². The van der Waals surface area contributed by atoms with E-state index in [2.05, 4.69) is 0 Å². The van der Waals surface area contributed by atoms with Crippen molar-refractivity contribution in [2.75, 3.05) is 0 Å². The van der Waals surface area contributed by atoms with E-state index in [4.69, 9.17) is 0 Å². The molecule has 1 nitrogen and oxygen atoms in total. The molecule has 0 aliphatic rings. The number of hydrogen-bond donors (Lipinski definition) is 0. The van der Waals surface area contributed by atoms with Crippen molar-refractivity contribution in [2.45, 2.75) is 0 Å². The molecule has 0 saturated carbocycles. The fourth-order valence-electron chi connectivity index (χ4n) is 0. The summed E-state index contributed by atoms with van der Waals surface area (Å²) in [6.07, 6.45) is 0. The zero-order valence-electron chi connectivity index (χ0n) is 3.79. The first-order valence-corrected chi connectivity index (χ1v) is 0. The van der Waals surface area contributed by atoms with Crippen LogP contribution in [0.15, 0.2) is 0 Å². The third-order valence-corrected chi connectivity index (χ3v) is 0. The maximum absolute atomic E-state index is 0. The van der Waals surface area contributed by atoms with Crippen molar-refractivity contribution in [3.05, 3.63) is 0 Å². The quantitative estimate of drug-likeness (QED) is 0.296. The van der Waals surface area contributed by atoms with Gasteiger partial charge in [0.1, 0.15) is 0 Å². The second-order valence-corrected chi connectivity index (χ2v) is 0. The number of hydrogen-bond acceptors (Lipinski definition) is 0. The van der Waals surface area contributed by atoms with Crippen molar-refractivity contribution in [2.24, 2.45) is 0 Å². The van der Waals surface area contributed by atoms with Crippen molar-refractivity contribution in [1.82, 2.24) is 0 Å². The summed E-state index contributed by atoms with van der Waals surface area (Å²) >= 11 is 0. The Balaban J connectivity index is 0. The van der Waals surface area contributed by atoms with E-state index in [1.165, 1.54) is 0 Å². The van der Waals surface area contributed by atoms with E-state index in [0.717, 1.165) is 0 Å². The van der Waals surface area contributed by atoms with E-state index in [1.54, 1.807) is 0 Å². The Bertz CT molecular complexity index is 9.61. The first-order chi connectivity index (χ1) is 0. The Kier molecular flexibility index (Phi) is 181. The third-order valence-electron chi connectivity index (χ3n) is 0. The minimum absolute atomic E-state index is 0. The van der Waals surface area contributed by atoms with Crippen molar-refractivity contribution in [3.8, 4) is 0 Å². The molecule has 0 rings (SSSR count). The van der Waals surface area contributed by atoms with Gasteiger partial charge in [0.25, 0.3) is 0 Å². The normalized spacial score (nSPS) is 0. The molecule has 5 heteroatoms. The summed E-state index contributed by atoms with van der Waals surface area (Å²) in [6, 6.07) is 0. The minimum atomic E-state index is 0. The molecule has 0 unspecified atom stereocenters. The molecule has 0 aromatic rings. The van der Waals surface area contributed by atoms with E-state index in [0.29, 0.717) is 0 Å².